The van der Waals surface area contributed by atoms with Crippen LogP contribution in [0.4, 0.5) is 0 Å². The van der Waals surface area contributed by atoms with E-state index in [-0.39, 0.29) is 0 Å². The van der Waals surface area contributed by atoms with E-state index >= 15 is 0 Å². The van der Waals surface area contributed by atoms with Gasteiger partial charge in [-0.15, -0.1) is 0 Å². The van der Waals surface area contributed by atoms with Crippen molar-refractivity contribution in [3.8, 4) is 33.5 Å². The van der Waals surface area contributed by atoms with Gasteiger partial charge < -0.3 is 8.83 Å². The van der Waals surface area contributed by atoms with Gasteiger partial charge in [0.2, 0.25) is 0 Å². The van der Waals surface area contributed by atoms with E-state index in [1.807, 2.05) is 18.3 Å². The predicted octanol–water partition coefficient (Wildman–Crippen LogP) is 12.7. The zero-order chi connectivity index (χ0) is 32.8. The Morgan fingerprint density at radius 2 is 0.860 bits per heavy atom. The highest BCUT2D eigenvalue weighted by atomic mass is 16.3. The number of para-hydroxylation sites is 4. The first-order valence-electron chi connectivity index (χ1n) is 16.8. The smallest absolute Gasteiger partial charge is 0.143 e. The largest absolute Gasteiger partial charge is 0.455 e. The lowest BCUT2D eigenvalue weighted by molar-refractivity contribution is 0.665. The molecular weight excluding hydrogens is 613 g/mol. The number of benzene rings is 8. The summed E-state index contributed by atoms with van der Waals surface area (Å²) in [4.78, 5) is 10.2. The Labute approximate surface area is 285 Å². The van der Waals surface area contributed by atoms with Crippen LogP contribution in [0.25, 0.3) is 110 Å². The van der Waals surface area contributed by atoms with E-state index in [2.05, 4.69) is 140 Å². The molecule has 3 heterocycles. The van der Waals surface area contributed by atoms with Gasteiger partial charge in [0.15, 0.2) is 0 Å². The number of hydrogen-bond donors (Lipinski definition) is 0. The number of nitrogens with zero attached hydrogens (tertiary/aromatic N) is 2. The van der Waals surface area contributed by atoms with E-state index in [1.165, 1.54) is 10.8 Å². The van der Waals surface area contributed by atoms with Crippen LogP contribution in [-0.4, -0.2) is 9.97 Å². The molecule has 4 nitrogen and oxygen atoms in total. The van der Waals surface area contributed by atoms with E-state index in [4.69, 9.17) is 18.8 Å². The fourth-order valence-electron chi connectivity index (χ4n) is 7.83. The lowest BCUT2D eigenvalue weighted by Crippen LogP contribution is -1.92. The molecule has 0 unspecified atom stereocenters. The number of hydrogen-bond acceptors (Lipinski definition) is 4. The Hall–Kier alpha value is -6.78. The van der Waals surface area contributed by atoms with Crippen molar-refractivity contribution in [1.82, 2.24) is 9.97 Å². The minimum Gasteiger partial charge on any atom is -0.455 e. The lowest BCUT2D eigenvalue weighted by atomic mass is 9.97. The van der Waals surface area contributed by atoms with Gasteiger partial charge in [0, 0.05) is 54.6 Å². The average molecular weight is 639 g/mol. The summed E-state index contributed by atoms with van der Waals surface area (Å²) in [7, 11) is 0. The maximum absolute atomic E-state index is 6.87. The monoisotopic (exact) mass is 638 g/mol. The number of aromatic nitrogens is 2. The molecule has 0 aliphatic rings. The highest BCUT2D eigenvalue weighted by Crippen LogP contribution is 2.43. The summed E-state index contributed by atoms with van der Waals surface area (Å²) in [6.45, 7) is 0. The van der Waals surface area contributed by atoms with Crippen LogP contribution < -0.4 is 0 Å². The van der Waals surface area contributed by atoms with Crippen molar-refractivity contribution in [3.05, 3.63) is 158 Å². The quantitative estimate of drug-likeness (QED) is 0.181. The van der Waals surface area contributed by atoms with E-state index in [0.29, 0.717) is 0 Å². The molecule has 11 aromatic rings. The van der Waals surface area contributed by atoms with Crippen molar-refractivity contribution in [2.24, 2.45) is 0 Å². The standard InChI is InChI=1S/C46H26N2O2/c1-3-16-33-30(13-1)31-14-2-4-17-34(31)43-42(33)47-26-40(48-43)28-12-7-11-27(25-28)29-18-8-20-36-38-22-10-23-39(46(38)50-44(29)36)37-21-9-19-35-32-15-5-6-24-41(32)49-45(35)37/h1-26H. The molecule has 11 rings (SSSR count). The van der Waals surface area contributed by atoms with Crippen molar-refractivity contribution in [2.75, 3.05) is 0 Å². The van der Waals surface area contributed by atoms with Gasteiger partial charge in [-0.2, -0.15) is 0 Å². The summed E-state index contributed by atoms with van der Waals surface area (Å²) in [5, 5.41) is 8.95. The average Bonchev–Trinajstić information content (AvgIpc) is 3.77. The molecule has 0 fully saturated rings. The second-order valence-electron chi connectivity index (χ2n) is 12.9. The molecular formula is C46H26N2O2. The maximum atomic E-state index is 6.87. The normalized spacial score (nSPS) is 12.0. The minimum atomic E-state index is 0.831. The zero-order valence-electron chi connectivity index (χ0n) is 26.7. The molecule has 0 N–H and O–H groups in total. The van der Waals surface area contributed by atoms with E-state index < -0.39 is 0 Å². The molecule has 8 aromatic carbocycles. The zero-order valence-corrected chi connectivity index (χ0v) is 26.7. The highest BCUT2D eigenvalue weighted by Gasteiger charge is 2.19. The van der Waals surface area contributed by atoms with Gasteiger partial charge in [-0.05, 0) is 28.5 Å². The molecule has 0 radical (unpaired) electrons. The SMILES string of the molecule is c1cc(-c2cnc3c4ccccc4c4ccccc4c3n2)cc(-c2cccc3c2oc2c(-c4cccc5c4oc4ccccc45)cccc23)c1. The van der Waals surface area contributed by atoms with Crippen molar-refractivity contribution < 1.29 is 8.83 Å². The first-order valence-corrected chi connectivity index (χ1v) is 16.8. The van der Waals surface area contributed by atoms with Gasteiger partial charge in [0.05, 0.1) is 22.9 Å². The van der Waals surface area contributed by atoms with Crippen LogP contribution in [0.5, 0.6) is 0 Å². The van der Waals surface area contributed by atoms with Gasteiger partial charge >= 0.3 is 0 Å². The van der Waals surface area contributed by atoms with Crippen molar-refractivity contribution in [2.45, 2.75) is 0 Å². The summed E-state index contributed by atoms with van der Waals surface area (Å²) in [6, 6.07) is 52.7. The first kappa shape index (κ1) is 27.2. The number of rotatable bonds is 3. The topological polar surface area (TPSA) is 52.1 Å². The van der Waals surface area contributed by atoms with Gasteiger partial charge in [-0.3, -0.25) is 4.98 Å². The van der Waals surface area contributed by atoms with Gasteiger partial charge in [0.1, 0.15) is 22.3 Å². The predicted molar refractivity (Wildman–Crippen MR) is 205 cm³/mol. The fourth-order valence-corrected chi connectivity index (χ4v) is 7.83. The molecule has 0 spiro atoms. The third-order valence-electron chi connectivity index (χ3n) is 10.1. The van der Waals surface area contributed by atoms with Crippen molar-refractivity contribution in [1.29, 1.82) is 0 Å². The van der Waals surface area contributed by atoms with Crippen LogP contribution in [0.2, 0.25) is 0 Å². The number of furan rings is 2. The fraction of sp³-hybridized carbons (Fsp3) is 0. The summed E-state index contributed by atoms with van der Waals surface area (Å²) < 4.78 is 13.3. The van der Waals surface area contributed by atoms with Crippen LogP contribution in [0.15, 0.2) is 167 Å². The van der Waals surface area contributed by atoms with Gasteiger partial charge in [-0.25, -0.2) is 4.98 Å². The van der Waals surface area contributed by atoms with E-state index in [9.17, 15) is 0 Å². The van der Waals surface area contributed by atoms with Crippen molar-refractivity contribution in [3.63, 3.8) is 0 Å². The summed E-state index contributed by atoms with van der Waals surface area (Å²) >= 11 is 0. The summed E-state index contributed by atoms with van der Waals surface area (Å²) in [5.74, 6) is 0. The highest BCUT2D eigenvalue weighted by molar-refractivity contribution is 6.23. The minimum absolute atomic E-state index is 0.831. The van der Waals surface area contributed by atoms with Crippen LogP contribution in [0.1, 0.15) is 0 Å². The molecule has 0 aliphatic carbocycles. The third-order valence-corrected chi connectivity index (χ3v) is 10.1. The summed E-state index contributed by atoms with van der Waals surface area (Å²) in [5.41, 5.74) is 11.2. The molecule has 4 heteroatoms. The van der Waals surface area contributed by atoms with Crippen molar-refractivity contribution >= 4 is 76.5 Å². The maximum Gasteiger partial charge on any atom is 0.143 e. The van der Waals surface area contributed by atoms with Crippen LogP contribution in [-0.2, 0) is 0 Å². The Morgan fingerprint density at radius 1 is 0.360 bits per heavy atom. The second kappa shape index (κ2) is 10.4. The van der Waals surface area contributed by atoms with Crippen LogP contribution in [0.3, 0.4) is 0 Å². The molecule has 3 aromatic heterocycles. The number of fused-ring (bicyclic) bond motifs is 12. The van der Waals surface area contributed by atoms with E-state index in [0.717, 1.165) is 99.2 Å². The first-order chi connectivity index (χ1) is 24.8. The molecule has 0 saturated heterocycles. The van der Waals surface area contributed by atoms with E-state index in [1.54, 1.807) is 0 Å². The molecule has 0 atom stereocenters. The molecule has 0 amide bonds. The molecule has 0 bridgehead atoms. The summed E-state index contributed by atoms with van der Waals surface area (Å²) in [6.07, 6.45) is 1.90. The van der Waals surface area contributed by atoms with Gasteiger partial charge in [-0.1, -0.05) is 140 Å². The Bertz CT molecular complexity index is 3130. The molecule has 0 saturated carbocycles. The van der Waals surface area contributed by atoms with Crippen LogP contribution in [0, 0.1) is 0 Å². The second-order valence-corrected chi connectivity index (χ2v) is 12.9. The lowest BCUT2D eigenvalue weighted by Gasteiger charge is -2.11. The Morgan fingerprint density at radius 3 is 1.58 bits per heavy atom. The molecule has 0 aliphatic heterocycles. The Kier molecular flexibility index (Phi) is 5.63. The Balaban J connectivity index is 1.08. The third kappa shape index (κ3) is 3.87. The van der Waals surface area contributed by atoms with Gasteiger partial charge in [0.25, 0.3) is 0 Å². The molecule has 232 valence electrons. The van der Waals surface area contributed by atoms with Crippen LogP contribution >= 0.6 is 0 Å². The molecule has 50 heavy (non-hydrogen) atoms.